The number of para-hydroxylation sites is 1. The maximum absolute atomic E-state index is 13.6. The van der Waals surface area contributed by atoms with Crippen molar-refractivity contribution >= 4 is 17.6 Å². The van der Waals surface area contributed by atoms with Gasteiger partial charge in [-0.1, -0.05) is 66.7 Å². The third-order valence-electron chi connectivity index (χ3n) is 4.22. The summed E-state index contributed by atoms with van der Waals surface area (Å²) in [5.74, 6) is -1.66. The Balaban J connectivity index is 1.54. The van der Waals surface area contributed by atoms with Crippen LogP contribution in [-0.4, -0.2) is 18.0 Å². The van der Waals surface area contributed by atoms with Crippen LogP contribution in [0.2, 0.25) is 0 Å². The summed E-state index contributed by atoms with van der Waals surface area (Å²) in [6.07, 6.45) is -0.984. The van der Waals surface area contributed by atoms with E-state index in [-0.39, 0.29) is 12.1 Å². The number of benzene rings is 3. The Morgan fingerprint density at radius 3 is 2.18 bits per heavy atom. The van der Waals surface area contributed by atoms with Gasteiger partial charge in [-0.2, -0.15) is 0 Å². The Bertz CT molecular complexity index is 955. The molecule has 0 heterocycles. The highest BCUT2D eigenvalue weighted by Crippen LogP contribution is 2.19. The molecular weight excluding hydrogens is 357 g/mol. The van der Waals surface area contributed by atoms with E-state index in [0.29, 0.717) is 0 Å². The fraction of sp³-hybridized carbons (Fsp3) is 0.130. The van der Waals surface area contributed by atoms with Crippen LogP contribution in [-0.2, 0) is 20.7 Å². The molecule has 3 rings (SSSR count). The van der Waals surface area contributed by atoms with Crippen LogP contribution in [0.25, 0.3) is 11.1 Å². The molecule has 0 spiro atoms. The highest BCUT2D eigenvalue weighted by atomic mass is 19.1. The topological polar surface area (TPSA) is 55.4 Å². The van der Waals surface area contributed by atoms with Crippen molar-refractivity contribution < 1.29 is 18.7 Å². The van der Waals surface area contributed by atoms with E-state index in [0.717, 1.165) is 16.7 Å². The molecule has 0 aliphatic carbocycles. The van der Waals surface area contributed by atoms with Gasteiger partial charge in [-0.25, -0.2) is 4.39 Å². The zero-order chi connectivity index (χ0) is 19.9. The Hall–Kier alpha value is -3.47. The van der Waals surface area contributed by atoms with E-state index in [2.05, 4.69) is 5.32 Å². The highest BCUT2D eigenvalue weighted by molar-refractivity contribution is 5.95. The standard InChI is InChI=1S/C23H20FNO3/c1-16(23(27)25-21-10-6-5-9-20(21)24)28-22(26)15-17-11-13-19(14-12-17)18-7-3-2-4-8-18/h2-14,16H,15H2,1H3,(H,25,27)/t16-/m0/s1. The van der Waals surface area contributed by atoms with Gasteiger partial charge >= 0.3 is 5.97 Å². The number of nitrogens with one attached hydrogen (secondary N) is 1. The molecule has 0 bridgehead atoms. The minimum Gasteiger partial charge on any atom is -0.452 e. The quantitative estimate of drug-likeness (QED) is 0.639. The molecule has 0 unspecified atom stereocenters. The highest BCUT2D eigenvalue weighted by Gasteiger charge is 2.19. The Labute approximate surface area is 163 Å². The second-order valence-electron chi connectivity index (χ2n) is 6.34. The van der Waals surface area contributed by atoms with Crippen molar-refractivity contribution in [2.45, 2.75) is 19.4 Å². The number of carbonyl (C=O) groups is 2. The van der Waals surface area contributed by atoms with E-state index in [1.807, 2.05) is 54.6 Å². The first-order valence-electron chi connectivity index (χ1n) is 8.92. The summed E-state index contributed by atoms with van der Waals surface area (Å²) in [6, 6.07) is 23.3. The van der Waals surface area contributed by atoms with Crippen molar-refractivity contribution in [3.05, 3.63) is 90.2 Å². The summed E-state index contributed by atoms with van der Waals surface area (Å²) >= 11 is 0. The lowest BCUT2D eigenvalue weighted by Gasteiger charge is -2.14. The molecule has 3 aromatic carbocycles. The van der Waals surface area contributed by atoms with Crippen LogP contribution in [0.3, 0.4) is 0 Å². The van der Waals surface area contributed by atoms with E-state index in [9.17, 15) is 14.0 Å². The molecule has 1 N–H and O–H groups in total. The smallest absolute Gasteiger partial charge is 0.311 e. The van der Waals surface area contributed by atoms with Gasteiger partial charge in [-0.3, -0.25) is 9.59 Å². The number of ether oxygens (including phenoxy) is 1. The van der Waals surface area contributed by atoms with Gasteiger partial charge in [0.1, 0.15) is 5.82 Å². The summed E-state index contributed by atoms with van der Waals surface area (Å²) in [5, 5.41) is 2.41. The molecule has 0 aliphatic heterocycles. The minimum absolute atomic E-state index is 0.0480. The van der Waals surface area contributed by atoms with Gasteiger partial charge in [0, 0.05) is 0 Å². The van der Waals surface area contributed by atoms with Crippen LogP contribution in [0.15, 0.2) is 78.9 Å². The number of anilines is 1. The van der Waals surface area contributed by atoms with Gasteiger partial charge in [0.25, 0.3) is 5.91 Å². The summed E-state index contributed by atoms with van der Waals surface area (Å²) in [4.78, 5) is 24.2. The molecule has 0 aliphatic rings. The molecule has 28 heavy (non-hydrogen) atoms. The normalized spacial score (nSPS) is 11.5. The zero-order valence-electron chi connectivity index (χ0n) is 15.4. The van der Waals surface area contributed by atoms with E-state index in [4.69, 9.17) is 4.74 Å². The monoisotopic (exact) mass is 377 g/mol. The van der Waals surface area contributed by atoms with Gasteiger partial charge in [-0.15, -0.1) is 0 Å². The molecule has 0 saturated heterocycles. The number of rotatable bonds is 6. The van der Waals surface area contributed by atoms with E-state index in [1.165, 1.54) is 25.1 Å². The summed E-state index contributed by atoms with van der Waals surface area (Å²) < 4.78 is 18.8. The van der Waals surface area contributed by atoms with Crippen LogP contribution in [0, 0.1) is 5.82 Å². The van der Waals surface area contributed by atoms with E-state index >= 15 is 0 Å². The molecule has 1 amide bonds. The van der Waals surface area contributed by atoms with Gasteiger partial charge in [-0.05, 0) is 35.7 Å². The third-order valence-corrected chi connectivity index (χ3v) is 4.22. The first-order valence-corrected chi connectivity index (χ1v) is 8.92. The first-order chi connectivity index (χ1) is 13.5. The van der Waals surface area contributed by atoms with Gasteiger partial charge in [0.15, 0.2) is 6.10 Å². The molecule has 142 valence electrons. The average molecular weight is 377 g/mol. The van der Waals surface area contributed by atoms with Crippen LogP contribution in [0.5, 0.6) is 0 Å². The van der Waals surface area contributed by atoms with Crippen molar-refractivity contribution in [2.75, 3.05) is 5.32 Å². The van der Waals surface area contributed by atoms with Crippen molar-refractivity contribution in [2.24, 2.45) is 0 Å². The summed E-state index contributed by atoms with van der Waals surface area (Å²) in [7, 11) is 0. The number of hydrogen-bond acceptors (Lipinski definition) is 3. The van der Waals surface area contributed by atoms with Crippen LogP contribution in [0.1, 0.15) is 12.5 Å². The second-order valence-corrected chi connectivity index (χ2v) is 6.34. The van der Waals surface area contributed by atoms with Crippen molar-refractivity contribution in [1.82, 2.24) is 0 Å². The molecule has 0 saturated carbocycles. The average Bonchev–Trinajstić information content (AvgIpc) is 2.71. The lowest BCUT2D eigenvalue weighted by Crippen LogP contribution is -2.30. The Morgan fingerprint density at radius 2 is 1.50 bits per heavy atom. The van der Waals surface area contributed by atoms with Crippen LogP contribution < -0.4 is 5.32 Å². The fourth-order valence-electron chi connectivity index (χ4n) is 2.70. The largest absolute Gasteiger partial charge is 0.452 e. The number of carbonyl (C=O) groups excluding carboxylic acids is 2. The van der Waals surface area contributed by atoms with Gasteiger partial charge < -0.3 is 10.1 Å². The predicted octanol–water partition coefficient (Wildman–Crippen LogP) is 4.61. The van der Waals surface area contributed by atoms with Crippen molar-refractivity contribution in [3.63, 3.8) is 0 Å². The third kappa shape index (κ3) is 5.04. The van der Waals surface area contributed by atoms with Gasteiger partial charge in [0.2, 0.25) is 0 Å². The van der Waals surface area contributed by atoms with Crippen LogP contribution in [0.4, 0.5) is 10.1 Å². The Kier molecular flexibility index (Phi) is 6.17. The molecule has 4 nitrogen and oxygen atoms in total. The Morgan fingerprint density at radius 1 is 0.893 bits per heavy atom. The second kappa shape index (κ2) is 8.95. The minimum atomic E-state index is -1.03. The lowest BCUT2D eigenvalue weighted by atomic mass is 10.0. The fourth-order valence-corrected chi connectivity index (χ4v) is 2.70. The predicted molar refractivity (Wildman–Crippen MR) is 106 cm³/mol. The van der Waals surface area contributed by atoms with Crippen molar-refractivity contribution in [1.29, 1.82) is 0 Å². The van der Waals surface area contributed by atoms with E-state index in [1.54, 1.807) is 6.07 Å². The number of hydrogen-bond donors (Lipinski definition) is 1. The maximum Gasteiger partial charge on any atom is 0.311 e. The van der Waals surface area contributed by atoms with E-state index < -0.39 is 23.8 Å². The molecule has 0 radical (unpaired) electrons. The number of amides is 1. The molecule has 5 heteroatoms. The molecule has 3 aromatic rings. The summed E-state index contributed by atoms with van der Waals surface area (Å²) in [5.41, 5.74) is 2.98. The zero-order valence-corrected chi connectivity index (χ0v) is 15.4. The lowest BCUT2D eigenvalue weighted by molar-refractivity contribution is -0.152. The summed E-state index contributed by atoms with van der Waals surface area (Å²) in [6.45, 7) is 1.45. The SMILES string of the molecule is C[C@H](OC(=O)Cc1ccc(-c2ccccc2)cc1)C(=O)Nc1ccccc1F. The van der Waals surface area contributed by atoms with Crippen molar-refractivity contribution in [3.8, 4) is 11.1 Å². The van der Waals surface area contributed by atoms with Gasteiger partial charge in [0.05, 0.1) is 12.1 Å². The first kappa shape index (κ1) is 19.3. The number of halogens is 1. The molecule has 0 fully saturated rings. The maximum atomic E-state index is 13.6. The molecule has 1 atom stereocenters. The number of esters is 1. The van der Waals surface area contributed by atoms with Crippen LogP contribution >= 0.6 is 0 Å². The molecule has 0 aromatic heterocycles. The molecular formula is C23H20FNO3.